The fourth-order valence-electron chi connectivity index (χ4n) is 4.02. The van der Waals surface area contributed by atoms with Crippen LogP contribution in [0.25, 0.3) is 0 Å². The standard InChI is InChI=1S/C24H17BrFN3O2/c25-17-8-11-21-19(12-17)23(30)24(31)28(21)14-29-22(16-6-9-18(26)10-7-16)13-20(27-29)15-4-2-1-3-5-15/h1-12,22H,13-14H2. The van der Waals surface area contributed by atoms with Crippen molar-refractivity contribution in [2.24, 2.45) is 5.10 Å². The summed E-state index contributed by atoms with van der Waals surface area (Å²) < 4.78 is 14.2. The molecule has 0 radical (unpaired) electrons. The first-order valence-corrected chi connectivity index (χ1v) is 10.6. The highest BCUT2D eigenvalue weighted by Crippen LogP contribution is 2.36. The van der Waals surface area contributed by atoms with E-state index in [1.54, 1.807) is 35.3 Å². The minimum atomic E-state index is -0.575. The lowest BCUT2D eigenvalue weighted by Gasteiger charge is -2.28. The molecule has 0 saturated heterocycles. The van der Waals surface area contributed by atoms with Gasteiger partial charge in [-0.25, -0.2) is 4.39 Å². The van der Waals surface area contributed by atoms with E-state index in [-0.39, 0.29) is 18.5 Å². The predicted molar refractivity (Wildman–Crippen MR) is 119 cm³/mol. The molecule has 1 amide bonds. The Kier molecular flexibility index (Phi) is 4.90. The molecule has 5 nitrogen and oxygen atoms in total. The molecule has 0 fully saturated rings. The van der Waals surface area contributed by atoms with Crippen LogP contribution in [0.1, 0.15) is 33.9 Å². The number of hydrogen-bond acceptors (Lipinski definition) is 4. The number of carbonyl (C=O) groups excluding carboxylic acids is 2. The second-order valence-corrected chi connectivity index (χ2v) is 8.40. The van der Waals surface area contributed by atoms with Crippen molar-refractivity contribution in [3.8, 4) is 0 Å². The molecule has 2 aliphatic rings. The Morgan fingerprint density at radius 1 is 1.00 bits per heavy atom. The number of fused-ring (bicyclic) bond motifs is 1. The molecule has 3 aromatic carbocycles. The Balaban J connectivity index is 1.51. The van der Waals surface area contributed by atoms with Gasteiger partial charge in [-0.05, 0) is 41.5 Å². The Bertz CT molecular complexity index is 1210. The fourth-order valence-corrected chi connectivity index (χ4v) is 4.38. The number of halogens is 2. The van der Waals surface area contributed by atoms with Crippen LogP contribution in [0, 0.1) is 5.82 Å². The van der Waals surface area contributed by atoms with Crippen molar-refractivity contribution in [3.63, 3.8) is 0 Å². The van der Waals surface area contributed by atoms with E-state index in [9.17, 15) is 14.0 Å². The molecule has 31 heavy (non-hydrogen) atoms. The number of hydrazone groups is 1. The Morgan fingerprint density at radius 3 is 2.48 bits per heavy atom. The van der Waals surface area contributed by atoms with Crippen LogP contribution in [0.3, 0.4) is 0 Å². The third-order valence-electron chi connectivity index (χ3n) is 5.58. The summed E-state index contributed by atoms with van der Waals surface area (Å²) in [7, 11) is 0. The van der Waals surface area contributed by atoms with E-state index in [1.807, 2.05) is 30.3 Å². The van der Waals surface area contributed by atoms with Crippen molar-refractivity contribution in [2.45, 2.75) is 12.5 Å². The Labute approximate surface area is 186 Å². The molecule has 154 valence electrons. The molecule has 2 aliphatic heterocycles. The van der Waals surface area contributed by atoms with E-state index < -0.39 is 11.7 Å². The van der Waals surface area contributed by atoms with Crippen LogP contribution in [0.5, 0.6) is 0 Å². The summed E-state index contributed by atoms with van der Waals surface area (Å²) in [5.74, 6) is -1.41. The molecular formula is C24H17BrFN3O2. The van der Waals surface area contributed by atoms with Gasteiger partial charge in [-0.3, -0.25) is 19.5 Å². The van der Waals surface area contributed by atoms with Crippen LogP contribution in [0.2, 0.25) is 0 Å². The largest absolute Gasteiger partial charge is 0.301 e. The summed E-state index contributed by atoms with van der Waals surface area (Å²) in [5, 5.41) is 6.60. The van der Waals surface area contributed by atoms with E-state index in [2.05, 4.69) is 15.9 Å². The van der Waals surface area contributed by atoms with Crippen LogP contribution < -0.4 is 4.90 Å². The lowest BCUT2D eigenvalue weighted by molar-refractivity contribution is -0.114. The zero-order chi connectivity index (χ0) is 21.5. The van der Waals surface area contributed by atoms with Gasteiger partial charge in [-0.2, -0.15) is 5.10 Å². The summed E-state index contributed by atoms with van der Waals surface area (Å²) in [5.41, 5.74) is 3.71. The molecule has 0 spiro atoms. The maximum Gasteiger partial charge on any atom is 0.301 e. The Hall–Kier alpha value is -3.32. The SMILES string of the molecule is O=C1C(=O)N(CN2N=C(c3ccccc3)CC2c2ccc(F)cc2)c2ccc(Br)cc21. The number of amides is 1. The first-order chi connectivity index (χ1) is 15.0. The van der Waals surface area contributed by atoms with Crippen molar-refractivity contribution in [2.75, 3.05) is 11.6 Å². The van der Waals surface area contributed by atoms with Crippen LogP contribution >= 0.6 is 15.9 Å². The average molecular weight is 478 g/mol. The number of hydrogen-bond donors (Lipinski definition) is 0. The molecule has 2 heterocycles. The van der Waals surface area contributed by atoms with Gasteiger partial charge < -0.3 is 0 Å². The number of ketones is 1. The Morgan fingerprint density at radius 2 is 1.74 bits per heavy atom. The number of Topliss-reactive ketones (excluding diaryl/α,β-unsaturated/α-hetero) is 1. The predicted octanol–water partition coefficient (Wildman–Crippen LogP) is 4.93. The van der Waals surface area contributed by atoms with E-state index in [1.165, 1.54) is 17.0 Å². The third-order valence-corrected chi connectivity index (χ3v) is 6.07. The minimum Gasteiger partial charge on any atom is -0.285 e. The molecular weight excluding hydrogens is 461 g/mol. The van der Waals surface area contributed by atoms with Crippen LogP contribution in [0.15, 0.2) is 82.4 Å². The highest BCUT2D eigenvalue weighted by atomic mass is 79.9. The number of anilines is 1. The summed E-state index contributed by atoms with van der Waals surface area (Å²) in [4.78, 5) is 26.7. The number of benzene rings is 3. The third kappa shape index (κ3) is 3.55. The molecule has 0 saturated carbocycles. The van der Waals surface area contributed by atoms with Crippen molar-refractivity contribution in [1.29, 1.82) is 0 Å². The number of rotatable bonds is 4. The van der Waals surface area contributed by atoms with Gasteiger partial charge in [0.05, 0.1) is 23.0 Å². The number of nitrogens with zero attached hydrogens (tertiary/aromatic N) is 3. The molecule has 7 heteroatoms. The zero-order valence-corrected chi connectivity index (χ0v) is 17.9. The van der Waals surface area contributed by atoms with Crippen molar-refractivity contribution >= 4 is 39.0 Å². The highest BCUT2D eigenvalue weighted by Gasteiger charge is 2.39. The normalized spacial score (nSPS) is 17.9. The molecule has 0 aromatic heterocycles. The second-order valence-electron chi connectivity index (χ2n) is 7.49. The van der Waals surface area contributed by atoms with Crippen molar-refractivity contribution in [1.82, 2.24) is 5.01 Å². The van der Waals surface area contributed by atoms with Crippen molar-refractivity contribution < 1.29 is 14.0 Å². The highest BCUT2D eigenvalue weighted by molar-refractivity contribution is 9.10. The van der Waals surface area contributed by atoms with Crippen molar-refractivity contribution in [3.05, 3.63) is 99.8 Å². The maximum absolute atomic E-state index is 13.5. The van der Waals surface area contributed by atoms with E-state index >= 15 is 0 Å². The molecule has 3 aromatic rings. The van der Waals surface area contributed by atoms with Gasteiger partial charge in [0.1, 0.15) is 12.5 Å². The van der Waals surface area contributed by atoms with Gasteiger partial charge in [0.15, 0.2) is 0 Å². The lowest BCUT2D eigenvalue weighted by atomic mass is 9.98. The summed E-state index contributed by atoms with van der Waals surface area (Å²) in [6.45, 7) is 0.123. The summed E-state index contributed by atoms with van der Waals surface area (Å²) in [6, 6.07) is 21.2. The molecule has 0 N–H and O–H groups in total. The van der Waals surface area contributed by atoms with Gasteiger partial charge in [0.2, 0.25) is 0 Å². The average Bonchev–Trinajstić information content (AvgIpc) is 3.30. The minimum absolute atomic E-state index is 0.123. The van der Waals surface area contributed by atoms with Crippen LogP contribution in [0.4, 0.5) is 10.1 Å². The van der Waals surface area contributed by atoms with Gasteiger partial charge in [-0.1, -0.05) is 58.4 Å². The van der Waals surface area contributed by atoms with E-state index in [4.69, 9.17) is 5.10 Å². The number of carbonyl (C=O) groups is 2. The molecule has 1 atom stereocenters. The quantitative estimate of drug-likeness (QED) is 0.500. The molecule has 5 rings (SSSR count). The summed E-state index contributed by atoms with van der Waals surface area (Å²) >= 11 is 3.36. The molecule has 0 bridgehead atoms. The zero-order valence-electron chi connectivity index (χ0n) is 16.3. The lowest BCUT2D eigenvalue weighted by Crippen LogP contribution is -2.39. The first-order valence-electron chi connectivity index (χ1n) is 9.82. The van der Waals surface area contributed by atoms with Crippen LogP contribution in [-0.2, 0) is 4.79 Å². The first kappa shape index (κ1) is 19.6. The van der Waals surface area contributed by atoms with Gasteiger partial charge in [-0.15, -0.1) is 0 Å². The van der Waals surface area contributed by atoms with Gasteiger partial charge >= 0.3 is 5.91 Å². The smallest absolute Gasteiger partial charge is 0.285 e. The van der Waals surface area contributed by atoms with Gasteiger partial charge in [0, 0.05) is 10.9 Å². The van der Waals surface area contributed by atoms with E-state index in [0.717, 1.165) is 21.3 Å². The second kappa shape index (κ2) is 7.74. The molecule has 0 aliphatic carbocycles. The van der Waals surface area contributed by atoms with Crippen LogP contribution in [-0.4, -0.2) is 29.1 Å². The van der Waals surface area contributed by atoms with Gasteiger partial charge in [0.25, 0.3) is 5.78 Å². The topological polar surface area (TPSA) is 53.0 Å². The maximum atomic E-state index is 13.5. The molecule has 1 unspecified atom stereocenters. The van der Waals surface area contributed by atoms with E-state index in [0.29, 0.717) is 17.7 Å². The fraction of sp³-hybridized carbons (Fsp3) is 0.125. The summed E-state index contributed by atoms with van der Waals surface area (Å²) in [6.07, 6.45) is 0.610. The monoisotopic (exact) mass is 477 g/mol.